The number of carbonyl (C=O) groups excluding carboxylic acids is 1. The van der Waals surface area contributed by atoms with Crippen LogP contribution in [-0.2, 0) is 0 Å². The number of hydrogen-bond donors (Lipinski definition) is 1. The van der Waals surface area contributed by atoms with Crippen molar-refractivity contribution < 1.29 is 14.1 Å². The minimum atomic E-state index is -0.494. The molecule has 34 heavy (non-hydrogen) atoms. The number of ether oxygens (including phenoxy) is 1. The van der Waals surface area contributed by atoms with Crippen LogP contribution in [-0.4, -0.2) is 23.3 Å². The number of aromatic nitrogens is 2. The SMILES string of the molecule is COc1ccc(C2NC(=O)N(c3ccccc3)C(C)=C2c2nc(-c3cccc(Cl)c3)no2)cc1. The smallest absolute Gasteiger partial charge is 0.326 e. The normalized spacial score (nSPS) is 15.9. The van der Waals surface area contributed by atoms with Gasteiger partial charge >= 0.3 is 6.03 Å². The third-order valence-corrected chi connectivity index (χ3v) is 5.92. The maximum absolute atomic E-state index is 13.2. The van der Waals surface area contributed by atoms with E-state index in [1.54, 1.807) is 24.1 Å². The second-order valence-corrected chi connectivity index (χ2v) is 8.20. The molecule has 7 nitrogen and oxygen atoms in total. The lowest BCUT2D eigenvalue weighted by atomic mass is 9.94. The predicted octanol–water partition coefficient (Wildman–Crippen LogP) is 6.10. The quantitative estimate of drug-likeness (QED) is 0.379. The lowest BCUT2D eigenvalue weighted by Crippen LogP contribution is -2.46. The van der Waals surface area contributed by atoms with Crippen molar-refractivity contribution in [2.24, 2.45) is 0 Å². The maximum atomic E-state index is 13.2. The van der Waals surface area contributed by atoms with Crippen LogP contribution in [0.5, 0.6) is 5.75 Å². The first-order valence-corrected chi connectivity index (χ1v) is 11.0. The van der Waals surface area contributed by atoms with E-state index < -0.39 is 6.04 Å². The van der Waals surface area contributed by atoms with Gasteiger partial charge in [-0.2, -0.15) is 4.98 Å². The van der Waals surface area contributed by atoms with Gasteiger partial charge in [0.25, 0.3) is 5.89 Å². The zero-order chi connectivity index (χ0) is 23.7. The number of hydrogen-bond acceptors (Lipinski definition) is 5. The molecule has 1 aromatic heterocycles. The van der Waals surface area contributed by atoms with Crippen LogP contribution in [0.2, 0.25) is 5.02 Å². The summed E-state index contributed by atoms with van der Waals surface area (Å²) in [6.07, 6.45) is 0. The maximum Gasteiger partial charge on any atom is 0.326 e. The molecule has 5 rings (SSSR count). The number of halogens is 1. The van der Waals surface area contributed by atoms with Gasteiger partial charge in [0.05, 0.1) is 24.4 Å². The van der Waals surface area contributed by atoms with Gasteiger partial charge in [0.1, 0.15) is 5.75 Å². The van der Waals surface area contributed by atoms with E-state index >= 15 is 0 Å². The van der Waals surface area contributed by atoms with Crippen LogP contribution in [0.4, 0.5) is 10.5 Å². The Morgan fingerprint density at radius 2 is 1.79 bits per heavy atom. The number of urea groups is 1. The van der Waals surface area contributed by atoms with Gasteiger partial charge in [0.15, 0.2) is 0 Å². The second-order valence-electron chi connectivity index (χ2n) is 7.76. The lowest BCUT2D eigenvalue weighted by Gasteiger charge is -2.35. The molecule has 1 N–H and O–H groups in total. The van der Waals surface area contributed by atoms with Gasteiger partial charge in [-0.15, -0.1) is 0 Å². The van der Waals surface area contributed by atoms with Crippen molar-refractivity contribution in [3.05, 3.63) is 101 Å². The summed E-state index contributed by atoms with van der Waals surface area (Å²) in [5.74, 6) is 1.45. The topological polar surface area (TPSA) is 80.5 Å². The summed E-state index contributed by atoms with van der Waals surface area (Å²) in [7, 11) is 1.61. The van der Waals surface area contributed by atoms with Crippen LogP contribution in [0, 0.1) is 0 Å². The third-order valence-electron chi connectivity index (χ3n) is 5.69. The molecule has 2 heterocycles. The Hall–Kier alpha value is -4.10. The van der Waals surface area contributed by atoms with E-state index in [-0.39, 0.29) is 6.03 Å². The summed E-state index contributed by atoms with van der Waals surface area (Å²) in [5, 5.41) is 7.85. The van der Waals surface area contributed by atoms with Crippen LogP contribution in [0.25, 0.3) is 17.0 Å². The van der Waals surface area contributed by atoms with E-state index in [9.17, 15) is 4.79 Å². The number of carbonyl (C=O) groups is 1. The zero-order valence-electron chi connectivity index (χ0n) is 18.5. The van der Waals surface area contributed by atoms with Gasteiger partial charge in [-0.1, -0.05) is 59.2 Å². The molecule has 170 valence electrons. The molecule has 2 amide bonds. The second kappa shape index (κ2) is 9.03. The van der Waals surface area contributed by atoms with Gasteiger partial charge in [-0.05, 0) is 48.9 Å². The van der Waals surface area contributed by atoms with Crippen LogP contribution < -0.4 is 15.0 Å². The van der Waals surface area contributed by atoms with Crippen LogP contribution in [0.1, 0.15) is 24.4 Å². The van der Waals surface area contributed by atoms with E-state index in [0.717, 1.165) is 22.6 Å². The largest absolute Gasteiger partial charge is 0.497 e. The fraction of sp³-hybridized carbons (Fsp3) is 0.115. The first-order valence-electron chi connectivity index (χ1n) is 10.7. The molecule has 8 heteroatoms. The summed E-state index contributed by atoms with van der Waals surface area (Å²) in [4.78, 5) is 19.5. The fourth-order valence-electron chi connectivity index (χ4n) is 4.03. The number of allylic oxidation sites excluding steroid dienone is 1. The van der Waals surface area contributed by atoms with E-state index in [1.165, 1.54) is 0 Å². The Bertz CT molecular complexity index is 1370. The minimum Gasteiger partial charge on any atom is -0.497 e. The van der Waals surface area contributed by atoms with E-state index in [0.29, 0.717) is 28.0 Å². The summed E-state index contributed by atoms with van der Waals surface area (Å²) in [5.41, 5.74) is 3.73. The molecule has 1 aliphatic rings. The first kappa shape index (κ1) is 21.7. The molecule has 0 radical (unpaired) electrons. The molecule has 4 aromatic rings. The van der Waals surface area contributed by atoms with Crippen molar-refractivity contribution in [1.82, 2.24) is 15.5 Å². The highest BCUT2D eigenvalue weighted by Gasteiger charge is 2.36. The van der Waals surface area contributed by atoms with Gasteiger partial charge in [-0.3, -0.25) is 4.90 Å². The number of amides is 2. The molecule has 1 unspecified atom stereocenters. The molecule has 1 atom stereocenters. The number of benzene rings is 3. The molecule has 1 aliphatic heterocycles. The highest BCUT2D eigenvalue weighted by Crippen LogP contribution is 2.39. The van der Waals surface area contributed by atoms with Crippen molar-refractivity contribution in [2.75, 3.05) is 12.0 Å². The first-order chi connectivity index (χ1) is 16.5. The summed E-state index contributed by atoms with van der Waals surface area (Å²) >= 11 is 6.14. The lowest BCUT2D eigenvalue weighted by molar-refractivity contribution is 0.244. The molecule has 3 aromatic carbocycles. The zero-order valence-corrected chi connectivity index (χ0v) is 19.3. The van der Waals surface area contributed by atoms with Crippen molar-refractivity contribution in [3.8, 4) is 17.1 Å². The van der Waals surface area contributed by atoms with Crippen LogP contribution in [0.15, 0.2) is 89.1 Å². The van der Waals surface area contributed by atoms with Crippen molar-refractivity contribution in [2.45, 2.75) is 13.0 Å². The van der Waals surface area contributed by atoms with Crippen molar-refractivity contribution in [1.29, 1.82) is 0 Å². The standard InChI is InChI=1S/C26H21ClN4O3/c1-16-22(25-29-24(30-34-25)18-7-6-8-19(27)15-18)23(17-11-13-21(33-2)14-12-17)28-26(32)31(16)20-9-4-3-5-10-20/h3-15,23H,1-2H3,(H,28,32). The number of para-hydroxylation sites is 1. The number of methoxy groups -OCH3 is 1. The average Bonchev–Trinajstić information content (AvgIpc) is 3.34. The molecule has 0 bridgehead atoms. The highest BCUT2D eigenvalue weighted by atomic mass is 35.5. The molecule has 0 saturated heterocycles. The van der Waals surface area contributed by atoms with E-state index in [4.69, 9.17) is 20.9 Å². The number of rotatable bonds is 5. The Morgan fingerprint density at radius 1 is 1.03 bits per heavy atom. The highest BCUT2D eigenvalue weighted by molar-refractivity contribution is 6.30. The van der Waals surface area contributed by atoms with Gasteiger partial charge in [0, 0.05) is 16.3 Å². The van der Waals surface area contributed by atoms with Crippen molar-refractivity contribution in [3.63, 3.8) is 0 Å². The number of nitrogens with one attached hydrogen (secondary N) is 1. The average molecular weight is 473 g/mol. The monoisotopic (exact) mass is 472 g/mol. The Labute approximate surface area is 201 Å². The molecular weight excluding hydrogens is 452 g/mol. The predicted molar refractivity (Wildman–Crippen MR) is 131 cm³/mol. The molecular formula is C26H21ClN4O3. The van der Waals surface area contributed by atoms with Gasteiger partial charge < -0.3 is 14.6 Å². The Morgan fingerprint density at radius 3 is 2.50 bits per heavy atom. The third kappa shape index (κ3) is 4.02. The van der Waals surface area contributed by atoms with E-state index in [2.05, 4.69) is 15.5 Å². The van der Waals surface area contributed by atoms with Gasteiger partial charge in [0.2, 0.25) is 5.82 Å². The van der Waals surface area contributed by atoms with E-state index in [1.807, 2.05) is 73.7 Å². The summed E-state index contributed by atoms with van der Waals surface area (Å²) in [6.45, 7) is 1.88. The Kier molecular flexibility index (Phi) is 5.77. The molecule has 0 fully saturated rings. The Balaban J connectivity index is 1.64. The fourth-order valence-corrected chi connectivity index (χ4v) is 4.22. The molecule has 0 aliphatic carbocycles. The van der Waals surface area contributed by atoms with Gasteiger partial charge in [-0.25, -0.2) is 4.79 Å². The minimum absolute atomic E-state index is 0.247. The molecule has 0 spiro atoms. The summed E-state index contributed by atoms with van der Waals surface area (Å²) in [6, 6.07) is 23.4. The van der Waals surface area contributed by atoms with Crippen LogP contribution in [0.3, 0.4) is 0 Å². The van der Waals surface area contributed by atoms with Crippen molar-refractivity contribution >= 4 is 28.9 Å². The number of nitrogens with zero attached hydrogens (tertiary/aromatic N) is 3. The summed E-state index contributed by atoms with van der Waals surface area (Å²) < 4.78 is 11.0. The van der Waals surface area contributed by atoms with Crippen LogP contribution >= 0.6 is 11.6 Å². The number of anilines is 1. The molecule has 0 saturated carbocycles.